The fourth-order valence-electron chi connectivity index (χ4n) is 1.48. The molecule has 0 saturated heterocycles. The van der Waals surface area contributed by atoms with Gasteiger partial charge in [-0.2, -0.15) is 0 Å². The Morgan fingerprint density at radius 3 is 2.68 bits per heavy atom. The van der Waals surface area contributed by atoms with Crippen LogP contribution in [0.25, 0.3) is 0 Å². The molecule has 5 nitrogen and oxygen atoms in total. The monoisotopic (exact) mass is 285 g/mol. The quantitative estimate of drug-likeness (QED) is 0.841. The molecular formula is C13H16ClNO4. The van der Waals surface area contributed by atoms with E-state index >= 15 is 0 Å². The zero-order valence-corrected chi connectivity index (χ0v) is 11.5. The number of nitrogens with one attached hydrogen (secondary N) is 1. The molecule has 0 saturated carbocycles. The van der Waals surface area contributed by atoms with Crippen LogP contribution >= 0.6 is 11.6 Å². The second-order valence-electron chi connectivity index (χ2n) is 4.24. The highest BCUT2D eigenvalue weighted by Crippen LogP contribution is 2.26. The maximum absolute atomic E-state index is 11.4. The standard InChI is InChI=1S/C13H16ClNO4/c1-8(2)15-11(16)6-7-19-10-5-3-4-9(14)12(10)13(17)18/h3-5,8H,6-7H2,1-2H3,(H,15,16)(H,17,18). The normalized spacial score (nSPS) is 10.3. The molecule has 0 radical (unpaired) electrons. The first-order valence-electron chi connectivity index (χ1n) is 5.85. The smallest absolute Gasteiger partial charge is 0.341 e. The van der Waals surface area contributed by atoms with E-state index in [9.17, 15) is 9.59 Å². The van der Waals surface area contributed by atoms with E-state index in [1.165, 1.54) is 12.1 Å². The van der Waals surface area contributed by atoms with Crippen molar-refractivity contribution in [2.24, 2.45) is 0 Å². The minimum absolute atomic E-state index is 0.0632. The summed E-state index contributed by atoms with van der Waals surface area (Å²) in [7, 11) is 0. The van der Waals surface area contributed by atoms with Crippen LogP contribution in [0.4, 0.5) is 0 Å². The van der Waals surface area contributed by atoms with Crippen molar-refractivity contribution in [3.63, 3.8) is 0 Å². The topological polar surface area (TPSA) is 75.6 Å². The maximum Gasteiger partial charge on any atom is 0.341 e. The van der Waals surface area contributed by atoms with Crippen molar-refractivity contribution in [2.75, 3.05) is 6.61 Å². The van der Waals surface area contributed by atoms with Crippen molar-refractivity contribution in [3.05, 3.63) is 28.8 Å². The third-order valence-electron chi connectivity index (χ3n) is 2.23. The number of halogens is 1. The summed E-state index contributed by atoms with van der Waals surface area (Å²) in [4.78, 5) is 22.4. The molecule has 1 aromatic carbocycles. The second-order valence-corrected chi connectivity index (χ2v) is 4.65. The van der Waals surface area contributed by atoms with Gasteiger partial charge in [-0.3, -0.25) is 4.79 Å². The first kappa shape index (κ1) is 15.3. The molecule has 0 aromatic heterocycles. The largest absolute Gasteiger partial charge is 0.492 e. The Hall–Kier alpha value is -1.75. The van der Waals surface area contributed by atoms with Gasteiger partial charge >= 0.3 is 5.97 Å². The van der Waals surface area contributed by atoms with Crippen molar-refractivity contribution in [1.29, 1.82) is 0 Å². The van der Waals surface area contributed by atoms with Gasteiger partial charge in [0, 0.05) is 6.04 Å². The Morgan fingerprint density at radius 2 is 2.11 bits per heavy atom. The molecule has 0 spiro atoms. The Kier molecular flexibility index (Phi) is 5.63. The summed E-state index contributed by atoms with van der Waals surface area (Å²) >= 11 is 5.79. The molecule has 0 bridgehead atoms. The van der Waals surface area contributed by atoms with E-state index in [-0.39, 0.29) is 41.3 Å². The van der Waals surface area contributed by atoms with Crippen LogP contribution in [0.15, 0.2) is 18.2 Å². The second kappa shape index (κ2) is 6.99. The van der Waals surface area contributed by atoms with E-state index in [4.69, 9.17) is 21.4 Å². The van der Waals surface area contributed by atoms with Gasteiger partial charge in [0.05, 0.1) is 18.1 Å². The van der Waals surface area contributed by atoms with E-state index in [2.05, 4.69) is 5.32 Å². The van der Waals surface area contributed by atoms with Crippen molar-refractivity contribution in [3.8, 4) is 5.75 Å². The molecule has 0 atom stereocenters. The Balaban J connectivity index is 2.61. The van der Waals surface area contributed by atoms with Crippen LogP contribution in [-0.2, 0) is 4.79 Å². The zero-order valence-electron chi connectivity index (χ0n) is 10.8. The van der Waals surface area contributed by atoms with Gasteiger partial charge in [0.1, 0.15) is 11.3 Å². The van der Waals surface area contributed by atoms with Crippen LogP contribution in [0.3, 0.4) is 0 Å². The summed E-state index contributed by atoms with van der Waals surface area (Å²) in [5, 5.41) is 11.9. The first-order chi connectivity index (χ1) is 8.91. The number of aromatic carboxylic acids is 1. The summed E-state index contributed by atoms with van der Waals surface area (Å²) in [5.41, 5.74) is -0.0894. The van der Waals surface area contributed by atoms with Gasteiger partial charge in [-0.25, -0.2) is 4.79 Å². The molecule has 19 heavy (non-hydrogen) atoms. The van der Waals surface area contributed by atoms with Crippen LogP contribution < -0.4 is 10.1 Å². The van der Waals surface area contributed by atoms with Gasteiger partial charge in [0.2, 0.25) is 5.91 Å². The van der Waals surface area contributed by atoms with Crippen LogP contribution in [0.2, 0.25) is 5.02 Å². The SMILES string of the molecule is CC(C)NC(=O)CCOc1cccc(Cl)c1C(=O)O. The predicted octanol–water partition coefficient (Wildman–Crippen LogP) is 2.33. The lowest BCUT2D eigenvalue weighted by atomic mass is 10.2. The van der Waals surface area contributed by atoms with Gasteiger partial charge in [-0.15, -0.1) is 0 Å². The first-order valence-corrected chi connectivity index (χ1v) is 6.23. The molecule has 2 N–H and O–H groups in total. The summed E-state index contributed by atoms with van der Waals surface area (Å²) < 4.78 is 5.31. The Labute approximate surface area is 116 Å². The van der Waals surface area contributed by atoms with E-state index in [0.29, 0.717) is 0 Å². The molecule has 0 aliphatic rings. The molecule has 1 amide bonds. The van der Waals surface area contributed by atoms with Crippen molar-refractivity contribution in [2.45, 2.75) is 26.3 Å². The Morgan fingerprint density at radius 1 is 1.42 bits per heavy atom. The van der Waals surface area contributed by atoms with Crippen LogP contribution in [0, 0.1) is 0 Å². The average Bonchev–Trinajstić information content (AvgIpc) is 2.27. The summed E-state index contributed by atoms with van der Waals surface area (Å²) in [6.45, 7) is 3.82. The molecule has 1 aromatic rings. The molecule has 6 heteroatoms. The van der Waals surface area contributed by atoms with Crippen LogP contribution in [-0.4, -0.2) is 29.6 Å². The number of ether oxygens (including phenoxy) is 1. The molecule has 0 aliphatic carbocycles. The van der Waals surface area contributed by atoms with Crippen molar-refractivity contribution >= 4 is 23.5 Å². The van der Waals surface area contributed by atoms with E-state index in [1.807, 2.05) is 13.8 Å². The minimum atomic E-state index is -1.16. The predicted molar refractivity (Wildman–Crippen MR) is 71.8 cm³/mol. The van der Waals surface area contributed by atoms with Gasteiger partial charge in [-0.05, 0) is 26.0 Å². The lowest BCUT2D eigenvalue weighted by Crippen LogP contribution is -2.31. The highest BCUT2D eigenvalue weighted by atomic mass is 35.5. The summed E-state index contributed by atoms with van der Waals surface area (Å²) in [6, 6.07) is 4.64. The molecule has 1 rings (SSSR count). The molecular weight excluding hydrogens is 270 g/mol. The Bertz CT molecular complexity index is 474. The lowest BCUT2D eigenvalue weighted by Gasteiger charge is -2.11. The maximum atomic E-state index is 11.4. The number of rotatable bonds is 6. The van der Waals surface area contributed by atoms with E-state index in [1.54, 1.807) is 6.07 Å². The third kappa shape index (κ3) is 4.79. The molecule has 0 fully saturated rings. The lowest BCUT2D eigenvalue weighted by molar-refractivity contribution is -0.122. The highest BCUT2D eigenvalue weighted by molar-refractivity contribution is 6.33. The fourth-order valence-corrected chi connectivity index (χ4v) is 1.73. The fraction of sp³-hybridized carbons (Fsp3) is 0.385. The van der Waals surface area contributed by atoms with E-state index in [0.717, 1.165) is 0 Å². The van der Waals surface area contributed by atoms with Gasteiger partial charge in [0.15, 0.2) is 0 Å². The molecule has 0 aliphatic heterocycles. The molecule has 0 unspecified atom stereocenters. The summed E-state index contributed by atoms with van der Waals surface area (Å²) in [6.07, 6.45) is 0.157. The van der Waals surface area contributed by atoms with Crippen molar-refractivity contribution in [1.82, 2.24) is 5.32 Å². The van der Waals surface area contributed by atoms with Gasteiger partial charge in [0.25, 0.3) is 0 Å². The average molecular weight is 286 g/mol. The zero-order chi connectivity index (χ0) is 14.4. The number of benzene rings is 1. The highest BCUT2D eigenvalue weighted by Gasteiger charge is 2.15. The number of carboxylic acid groups (broad SMARTS) is 1. The number of hydrogen-bond acceptors (Lipinski definition) is 3. The number of amides is 1. The molecule has 0 heterocycles. The number of hydrogen-bond donors (Lipinski definition) is 2. The summed E-state index contributed by atoms with van der Waals surface area (Å²) in [5.74, 6) is -1.14. The van der Waals surface area contributed by atoms with E-state index < -0.39 is 5.97 Å². The van der Waals surface area contributed by atoms with Gasteiger partial charge in [-0.1, -0.05) is 17.7 Å². The van der Waals surface area contributed by atoms with Crippen LogP contribution in [0.1, 0.15) is 30.6 Å². The van der Waals surface area contributed by atoms with Crippen LogP contribution in [0.5, 0.6) is 5.75 Å². The number of carbonyl (C=O) groups excluding carboxylic acids is 1. The number of carboxylic acids is 1. The minimum Gasteiger partial charge on any atom is -0.492 e. The van der Waals surface area contributed by atoms with Gasteiger partial charge < -0.3 is 15.2 Å². The van der Waals surface area contributed by atoms with Crippen molar-refractivity contribution < 1.29 is 19.4 Å². The third-order valence-corrected chi connectivity index (χ3v) is 2.54. The molecule has 104 valence electrons. The number of carbonyl (C=O) groups is 2.